The van der Waals surface area contributed by atoms with Crippen LogP contribution in [0.3, 0.4) is 0 Å². The van der Waals surface area contributed by atoms with Crippen LogP contribution < -0.4 is 0 Å². The number of carbonyl (C=O) groups is 1. The number of rotatable bonds is 4. The van der Waals surface area contributed by atoms with E-state index in [4.69, 9.17) is 5.11 Å². The van der Waals surface area contributed by atoms with Gasteiger partial charge in [-0.25, -0.2) is 8.42 Å². The Labute approximate surface area is 88.0 Å². The Morgan fingerprint density at radius 3 is 2.71 bits per heavy atom. The summed E-state index contributed by atoms with van der Waals surface area (Å²) in [5.41, 5.74) is 0. The topological polar surface area (TPSA) is 71.4 Å². The smallest absolute Gasteiger partial charge is 0.307 e. The first kappa shape index (κ1) is 11.8. The van der Waals surface area contributed by atoms with Gasteiger partial charge in [0, 0.05) is 11.0 Å². The Balaban J connectivity index is 2.31. The van der Waals surface area contributed by atoms with Crippen LogP contribution in [0.1, 0.15) is 13.3 Å². The molecule has 2 unspecified atom stereocenters. The SMILES string of the molecule is CC(CSC1CCS(=O)(=O)C1)C(=O)O. The molecule has 0 spiro atoms. The Hall–Kier alpha value is -0.230. The van der Waals surface area contributed by atoms with E-state index in [0.717, 1.165) is 0 Å². The van der Waals surface area contributed by atoms with Crippen LogP contribution in [0.25, 0.3) is 0 Å². The van der Waals surface area contributed by atoms with Gasteiger partial charge in [0.15, 0.2) is 9.84 Å². The number of hydrogen-bond donors (Lipinski definition) is 1. The highest BCUT2D eigenvalue weighted by Gasteiger charge is 2.28. The van der Waals surface area contributed by atoms with Gasteiger partial charge in [-0.3, -0.25) is 4.79 Å². The lowest BCUT2D eigenvalue weighted by Crippen LogP contribution is -2.15. The van der Waals surface area contributed by atoms with E-state index < -0.39 is 21.7 Å². The lowest BCUT2D eigenvalue weighted by Gasteiger charge is -2.09. The monoisotopic (exact) mass is 238 g/mol. The lowest BCUT2D eigenvalue weighted by molar-refractivity contribution is -0.140. The van der Waals surface area contributed by atoms with E-state index in [1.54, 1.807) is 6.92 Å². The third-order valence-electron chi connectivity index (χ3n) is 2.19. The van der Waals surface area contributed by atoms with Crippen molar-refractivity contribution in [1.29, 1.82) is 0 Å². The van der Waals surface area contributed by atoms with Crippen LogP contribution >= 0.6 is 11.8 Å². The van der Waals surface area contributed by atoms with Crippen molar-refractivity contribution >= 4 is 27.6 Å². The Morgan fingerprint density at radius 1 is 1.64 bits per heavy atom. The highest BCUT2D eigenvalue weighted by molar-refractivity contribution is 8.01. The van der Waals surface area contributed by atoms with Gasteiger partial charge in [-0.2, -0.15) is 11.8 Å². The number of carboxylic acid groups (broad SMARTS) is 1. The zero-order valence-electron chi connectivity index (χ0n) is 7.97. The third-order valence-corrected chi connectivity index (χ3v) is 5.74. The predicted octanol–water partition coefficient (Wildman–Crippen LogP) is 0.627. The van der Waals surface area contributed by atoms with E-state index >= 15 is 0 Å². The Morgan fingerprint density at radius 2 is 2.29 bits per heavy atom. The summed E-state index contributed by atoms with van der Waals surface area (Å²) in [6, 6.07) is 0. The molecule has 0 aromatic heterocycles. The first-order chi connectivity index (χ1) is 6.41. The molecule has 4 nitrogen and oxygen atoms in total. The molecule has 0 saturated carbocycles. The molecule has 1 saturated heterocycles. The molecule has 0 aromatic carbocycles. The number of sulfone groups is 1. The average molecular weight is 238 g/mol. The van der Waals surface area contributed by atoms with Crippen LogP contribution in [-0.2, 0) is 14.6 Å². The normalized spacial score (nSPS) is 27.4. The maximum Gasteiger partial charge on any atom is 0.307 e. The molecule has 82 valence electrons. The van der Waals surface area contributed by atoms with E-state index in [1.807, 2.05) is 0 Å². The molecule has 2 atom stereocenters. The quantitative estimate of drug-likeness (QED) is 0.777. The van der Waals surface area contributed by atoms with E-state index in [2.05, 4.69) is 0 Å². The lowest BCUT2D eigenvalue weighted by atomic mass is 10.2. The van der Waals surface area contributed by atoms with Gasteiger partial charge in [-0.15, -0.1) is 0 Å². The summed E-state index contributed by atoms with van der Waals surface area (Å²) in [7, 11) is -2.83. The first-order valence-corrected chi connectivity index (χ1v) is 7.32. The van der Waals surface area contributed by atoms with Crippen LogP contribution in [0.15, 0.2) is 0 Å². The summed E-state index contributed by atoms with van der Waals surface area (Å²) in [6.07, 6.45) is 0.666. The molecular weight excluding hydrogens is 224 g/mol. The van der Waals surface area contributed by atoms with Gasteiger partial charge in [0.25, 0.3) is 0 Å². The van der Waals surface area contributed by atoms with Crippen molar-refractivity contribution < 1.29 is 18.3 Å². The molecule has 1 fully saturated rings. The van der Waals surface area contributed by atoms with Crippen molar-refractivity contribution in [2.45, 2.75) is 18.6 Å². The summed E-state index contributed by atoms with van der Waals surface area (Å²) in [5.74, 6) is -0.257. The van der Waals surface area contributed by atoms with Crippen molar-refractivity contribution in [2.24, 2.45) is 5.92 Å². The largest absolute Gasteiger partial charge is 0.481 e. The van der Waals surface area contributed by atoms with E-state index in [1.165, 1.54) is 11.8 Å². The molecule has 6 heteroatoms. The second kappa shape index (κ2) is 4.53. The van der Waals surface area contributed by atoms with Gasteiger partial charge >= 0.3 is 5.97 Å². The number of carboxylic acids is 1. The van der Waals surface area contributed by atoms with Gasteiger partial charge in [0.05, 0.1) is 17.4 Å². The summed E-state index contributed by atoms with van der Waals surface area (Å²) < 4.78 is 22.2. The highest BCUT2D eigenvalue weighted by Crippen LogP contribution is 2.25. The maximum atomic E-state index is 11.1. The van der Waals surface area contributed by atoms with Crippen LogP contribution in [0.2, 0.25) is 0 Å². The van der Waals surface area contributed by atoms with Crippen molar-refractivity contribution in [2.75, 3.05) is 17.3 Å². The highest BCUT2D eigenvalue weighted by atomic mass is 32.2. The molecule has 0 aliphatic carbocycles. The molecule has 1 heterocycles. The average Bonchev–Trinajstić information content (AvgIpc) is 2.41. The summed E-state index contributed by atoms with van der Waals surface area (Å²) >= 11 is 1.46. The fourth-order valence-electron chi connectivity index (χ4n) is 1.24. The van der Waals surface area contributed by atoms with Crippen molar-refractivity contribution in [1.82, 2.24) is 0 Å². The molecule has 14 heavy (non-hydrogen) atoms. The molecule has 1 aliphatic rings. The van der Waals surface area contributed by atoms with Crippen LogP contribution in [-0.4, -0.2) is 42.0 Å². The molecule has 0 radical (unpaired) electrons. The molecule has 1 N–H and O–H groups in total. The van der Waals surface area contributed by atoms with Gasteiger partial charge in [0.2, 0.25) is 0 Å². The summed E-state index contributed by atoms with van der Waals surface area (Å²) in [6.45, 7) is 1.64. The van der Waals surface area contributed by atoms with Gasteiger partial charge in [-0.05, 0) is 6.42 Å². The van der Waals surface area contributed by atoms with E-state index in [-0.39, 0.29) is 16.8 Å². The van der Waals surface area contributed by atoms with Gasteiger partial charge < -0.3 is 5.11 Å². The standard InChI is InChI=1S/C8H14O4S2/c1-6(8(9)10)4-13-7-2-3-14(11,12)5-7/h6-7H,2-5H2,1H3,(H,9,10). The van der Waals surface area contributed by atoms with Gasteiger partial charge in [0.1, 0.15) is 0 Å². The molecule has 1 rings (SSSR count). The van der Waals surface area contributed by atoms with E-state index in [9.17, 15) is 13.2 Å². The fourth-order valence-corrected chi connectivity index (χ4v) is 4.93. The first-order valence-electron chi connectivity index (χ1n) is 4.45. The second-order valence-electron chi connectivity index (χ2n) is 3.60. The summed E-state index contributed by atoms with van der Waals surface area (Å²) in [5, 5.41) is 8.73. The zero-order valence-corrected chi connectivity index (χ0v) is 9.60. The van der Waals surface area contributed by atoms with Crippen molar-refractivity contribution in [3.8, 4) is 0 Å². The minimum Gasteiger partial charge on any atom is -0.481 e. The number of aliphatic carboxylic acids is 1. The second-order valence-corrected chi connectivity index (χ2v) is 7.16. The zero-order chi connectivity index (χ0) is 10.8. The van der Waals surface area contributed by atoms with Crippen LogP contribution in [0.4, 0.5) is 0 Å². The number of thioether (sulfide) groups is 1. The van der Waals surface area contributed by atoms with Crippen LogP contribution in [0, 0.1) is 5.92 Å². The Kier molecular flexibility index (Phi) is 3.83. The van der Waals surface area contributed by atoms with E-state index in [0.29, 0.717) is 12.2 Å². The van der Waals surface area contributed by atoms with Crippen LogP contribution in [0.5, 0.6) is 0 Å². The molecule has 0 bridgehead atoms. The Bertz CT molecular complexity index is 309. The third kappa shape index (κ3) is 3.49. The van der Waals surface area contributed by atoms with Crippen molar-refractivity contribution in [3.05, 3.63) is 0 Å². The number of hydrogen-bond acceptors (Lipinski definition) is 4. The maximum absolute atomic E-state index is 11.1. The molecule has 0 amide bonds. The minimum atomic E-state index is -2.83. The van der Waals surface area contributed by atoms with Gasteiger partial charge in [-0.1, -0.05) is 6.92 Å². The van der Waals surface area contributed by atoms with Crippen molar-refractivity contribution in [3.63, 3.8) is 0 Å². The summed E-state index contributed by atoms with van der Waals surface area (Å²) in [4.78, 5) is 10.5. The molecule has 1 aliphatic heterocycles. The predicted molar refractivity (Wildman–Crippen MR) is 56.3 cm³/mol. The molecular formula is C8H14O4S2. The minimum absolute atomic E-state index is 0.0989. The molecule has 0 aromatic rings. The fraction of sp³-hybridized carbons (Fsp3) is 0.875.